The third-order valence-electron chi connectivity index (χ3n) is 3.89. The molecule has 0 saturated carbocycles. The van der Waals surface area contributed by atoms with Crippen LogP contribution in [0.5, 0.6) is 0 Å². The molecular weight excluding hydrogens is 243 g/mol. The van der Waals surface area contributed by atoms with Crippen LogP contribution in [0.4, 0.5) is 4.39 Å². The molecule has 1 aromatic rings. The summed E-state index contributed by atoms with van der Waals surface area (Å²) in [5.74, 6) is 0.825. The fourth-order valence-corrected chi connectivity index (χ4v) is 2.21. The van der Waals surface area contributed by atoms with Gasteiger partial charge in [-0.25, -0.2) is 4.39 Å². The van der Waals surface area contributed by atoms with Gasteiger partial charge >= 0.3 is 0 Å². The van der Waals surface area contributed by atoms with E-state index >= 15 is 0 Å². The van der Waals surface area contributed by atoms with Gasteiger partial charge in [0.05, 0.1) is 6.54 Å². The van der Waals surface area contributed by atoms with Crippen molar-refractivity contribution in [2.75, 3.05) is 13.1 Å². The fourth-order valence-electron chi connectivity index (χ4n) is 2.21. The topological polar surface area (TPSA) is 32.3 Å². The van der Waals surface area contributed by atoms with Gasteiger partial charge in [0.25, 0.3) is 0 Å². The number of hydrogen-bond donors (Lipinski definition) is 1. The first-order valence-corrected chi connectivity index (χ1v) is 6.77. The molecule has 19 heavy (non-hydrogen) atoms. The van der Waals surface area contributed by atoms with Crippen LogP contribution in [0.15, 0.2) is 24.3 Å². The summed E-state index contributed by atoms with van der Waals surface area (Å²) in [6.07, 6.45) is -0.130. The number of carbonyl (C=O) groups excluding carboxylic acids is 1. The van der Waals surface area contributed by atoms with Crippen molar-refractivity contribution in [3.63, 3.8) is 0 Å². The summed E-state index contributed by atoms with van der Waals surface area (Å²) < 4.78 is 13.0. The summed E-state index contributed by atoms with van der Waals surface area (Å²) in [5, 5.41) is 3.19. The normalized spacial score (nSPS) is 21.2. The molecule has 1 aromatic carbocycles. The van der Waals surface area contributed by atoms with Crippen molar-refractivity contribution in [2.45, 2.75) is 26.9 Å². The van der Waals surface area contributed by atoms with Gasteiger partial charge in [-0.15, -0.1) is 0 Å². The lowest BCUT2D eigenvalue weighted by Gasteiger charge is -2.29. The Morgan fingerprint density at radius 3 is 2.53 bits per heavy atom. The number of hydrogen-bond acceptors (Lipinski definition) is 2. The number of nitrogens with zero attached hydrogens (tertiary/aromatic N) is 1. The molecule has 0 aromatic heterocycles. The summed E-state index contributed by atoms with van der Waals surface area (Å²) in [6.45, 7) is 7.55. The molecule has 2 atom stereocenters. The standard InChI is InChI=1S/C15H21FN2O/c1-10(2)11(3)9-18-14(19)8-17-15(18)12-4-6-13(16)7-5-12/h4-7,10-11,15,17H,8-9H2,1-3H3. The molecule has 104 valence electrons. The van der Waals surface area contributed by atoms with Gasteiger partial charge in [0, 0.05) is 6.54 Å². The van der Waals surface area contributed by atoms with E-state index in [-0.39, 0.29) is 17.9 Å². The van der Waals surface area contributed by atoms with Gasteiger partial charge in [-0.05, 0) is 29.5 Å². The van der Waals surface area contributed by atoms with Crippen LogP contribution in [-0.2, 0) is 4.79 Å². The van der Waals surface area contributed by atoms with Crippen molar-refractivity contribution in [2.24, 2.45) is 11.8 Å². The fraction of sp³-hybridized carbons (Fsp3) is 0.533. The third-order valence-corrected chi connectivity index (χ3v) is 3.89. The van der Waals surface area contributed by atoms with E-state index in [0.717, 1.165) is 12.1 Å². The summed E-state index contributed by atoms with van der Waals surface area (Å²) in [7, 11) is 0. The SMILES string of the molecule is CC(C)C(C)CN1C(=O)CNC1c1ccc(F)cc1. The van der Waals surface area contributed by atoms with E-state index in [1.165, 1.54) is 12.1 Å². The third kappa shape index (κ3) is 3.13. The van der Waals surface area contributed by atoms with Crippen molar-refractivity contribution in [1.82, 2.24) is 10.2 Å². The van der Waals surface area contributed by atoms with E-state index in [9.17, 15) is 9.18 Å². The number of rotatable bonds is 4. The minimum atomic E-state index is -0.254. The van der Waals surface area contributed by atoms with E-state index in [2.05, 4.69) is 26.1 Å². The maximum absolute atomic E-state index is 13.0. The monoisotopic (exact) mass is 264 g/mol. The Hall–Kier alpha value is -1.42. The second-order valence-electron chi connectivity index (χ2n) is 5.60. The highest BCUT2D eigenvalue weighted by Gasteiger charge is 2.32. The highest BCUT2D eigenvalue weighted by atomic mass is 19.1. The average molecular weight is 264 g/mol. The smallest absolute Gasteiger partial charge is 0.238 e. The van der Waals surface area contributed by atoms with Crippen LogP contribution in [0.3, 0.4) is 0 Å². The second kappa shape index (κ2) is 5.70. The molecule has 1 N–H and O–H groups in total. The molecule has 1 aliphatic rings. The average Bonchev–Trinajstić information content (AvgIpc) is 2.72. The van der Waals surface area contributed by atoms with Gasteiger partial charge in [0.1, 0.15) is 12.0 Å². The van der Waals surface area contributed by atoms with Crippen LogP contribution in [0.2, 0.25) is 0 Å². The number of nitrogens with one attached hydrogen (secondary N) is 1. The van der Waals surface area contributed by atoms with Crippen molar-refractivity contribution in [3.05, 3.63) is 35.6 Å². The number of halogens is 1. The van der Waals surface area contributed by atoms with Crippen LogP contribution in [0.25, 0.3) is 0 Å². The van der Waals surface area contributed by atoms with E-state index in [0.29, 0.717) is 18.4 Å². The van der Waals surface area contributed by atoms with E-state index in [1.54, 1.807) is 12.1 Å². The molecule has 1 saturated heterocycles. The molecule has 2 unspecified atom stereocenters. The van der Waals surface area contributed by atoms with Gasteiger partial charge in [-0.2, -0.15) is 0 Å². The lowest BCUT2D eigenvalue weighted by atomic mass is 9.97. The zero-order valence-electron chi connectivity index (χ0n) is 11.7. The van der Waals surface area contributed by atoms with Crippen LogP contribution in [0.1, 0.15) is 32.5 Å². The predicted molar refractivity (Wildman–Crippen MR) is 72.9 cm³/mol. The molecular formula is C15H21FN2O. The van der Waals surface area contributed by atoms with Crippen molar-refractivity contribution >= 4 is 5.91 Å². The lowest BCUT2D eigenvalue weighted by molar-refractivity contribution is -0.128. The Morgan fingerprint density at radius 2 is 1.95 bits per heavy atom. The van der Waals surface area contributed by atoms with Gasteiger partial charge < -0.3 is 4.90 Å². The highest BCUT2D eigenvalue weighted by Crippen LogP contribution is 2.25. The van der Waals surface area contributed by atoms with Crippen molar-refractivity contribution in [3.8, 4) is 0 Å². The summed E-state index contributed by atoms with van der Waals surface area (Å²) in [5.41, 5.74) is 0.934. The van der Waals surface area contributed by atoms with E-state index in [1.807, 2.05) is 4.90 Å². The van der Waals surface area contributed by atoms with Crippen LogP contribution < -0.4 is 5.32 Å². The lowest BCUT2D eigenvalue weighted by Crippen LogP contribution is -2.35. The molecule has 0 spiro atoms. The molecule has 1 fully saturated rings. The van der Waals surface area contributed by atoms with Crippen LogP contribution >= 0.6 is 0 Å². The molecule has 0 radical (unpaired) electrons. The van der Waals surface area contributed by atoms with Crippen molar-refractivity contribution < 1.29 is 9.18 Å². The minimum Gasteiger partial charge on any atom is -0.322 e. The largest absolute Gasteiger partial charge is 0.322 e. The van der Waals surface area contributed by atoms with E-state index in [4.69, 9.17) is 0 Å². The second-order valence-corrected chi connectivity index (χ2v) is 5.60. The van der Waals surface area contributed by atoms with Gasteiger partial charge in [-0.1, -0.05) is 32.9 Å². The van der Waals surface area contributed by atoms with Crippen LogP contribution in [-0.4, -0.2) is 23.9 Å². The highest BCUT2D eigenvalue weighted by molar-refractivity contribution is 5.80. The van der Waals surface area contributed by atoms with Crippen molar-refractivity contribution in [1.29, 1.82) is 0 Å². The minimum absolute atomic E-state index is 0.113. The summed E-state index contributed by atoms with van der Waals surface area (Å²) in [4.78, 5) is 13.8. The molecule has 0 aliphatic carbocycles. The maximum atomic E-state index is 13.0. The number of amides is 1. The Bertz CT molecular complexity index is 444. The molecule has 3 nitrogen and oxygen atoms in total. The maximum Gasteiger partial charge on any atom is 0.238 e. The van der Waals surface area contributed by atoms with Gasteiger partial charge in [0.2, 0.25) is 5.91 Å². The molecule has 0 bridgehead atoms. The van der Waals surface area contributed by atoms with Crippen LogP contribution in [0, 0.1) is 17.7 Å². The Morgan fingerprint density at radius 1 is 1.32 bits per heavy atom. The van der Waals surface area contributed by atoms with Gasteiger partial charge in [0.15, 0.2) is 0 Å². The first-order chi connectivity index (χ1) is 8.99. The molecule has 4 heteroatoms. The first kappa shape index (κ1) is 14.0. The Labute approximate surface area is 113 Å². The van der Waals surface area contributed by atoms with E-state index < -0.39 is 0 Å². The number of benzene rings is 1. The quantitative estimate of drug-likeness (QED) is 0.906. The summed E-state index contributed by atoms with van der Waals surface area (Å²) >= 11 is 0. The predicted octanol–water partition coefficient (Wildman–Crippen LogP) is 2.55. The molecule has 1 aliphatic heterocycles. The zero-order chi connectivity index (χ0) is 14.0. The zero-order valence-corrected chi connectivity index (χ0v) is 11.7. The molecule has 1 amide bonds. The Balaban J connectivity index is 2.15. The molecule has 2 rings (SSSR count). The first-order valence-electron chi connectivity index (χ1n) is 6.77. The Kier molecular flexibility index (Phi) is 4.20. The number of carbonyl (C=O) groups is 1. The molecule has 1 heterocycles. The van der Waals surface area contributed by atoms with Gasteiger partial charge in [-0.3, -0.25) is 10.1 Å². The summed E-state index contributed by atoms with van der Waals surface area (Å²) in [6, 6.07) is 6.34.